The molecule has 0 unspecified atom stereocenters. The van der Waals surface area contributed by atoms with Crippen LogP contribution in [0.3, 0.4) is 0 Å². The molecule has 2 nitrogen and oxygen atoms in total. The highest BCUT2D eigenvalue weighted by Crippen LogP contribution is 2.15. The van der Waals surface area contributed by atoms with E-state index < -0.39 is 11.7 Å². The monoisotopic (exact) mass is 273 g/mol. The van der Waals surface area contributed by atoms with Crippen LogP contribution < -0.4 is 5.32 Å². The van der Waals surface area contributed by atoms with Crippen molar-refractivity contribution in [2.24, 2.45) is 0 Å². The lowest BCUT2D eigenvalue weighted by molar-refractivity contribution is 0.0915. The van der Waals surface area contributed by atoms with Gasteiger partial charge in [0.25, 0.3) is 5.91 Å². The molecule has 0 aliphatic heterocycles. The van der Waals surface area contributed by atoms with E-state index >= 15 is 0 Å². The fraction of sp³-hybridized carbons (Fsp3) is 0.364. The molecule has 0 bridgehead atoms. The third-order valence-electron chi connectivity index (χ3n) is 1.66. The van der Waals surface area contributed by atoms with E-state index in [2.05, 4.69) is 21.2 Å². The third-order valence-corrected chi connectivity index (χ3v) is 2.16. The second kappa shape index (κ2) is 4.31. The zero-order valence-corrected chi connectivity index (χ0v) is 10.5. The number of hydrogen-bond acceptors (Lipinski definition) is 1. The molecule has 0 saturated carbocycles. The van der Waals surface area contributed by atoms with Gasteiger partial charge in [-0.25, -0.2) is 4.39 Å². The average Bonchev–Trinajstić information content (AvgIpc) is 1.99. The van der Waals surface area contributed by atoms with Gasteiger partial charge in [0, 0.05) is 10.0 Å². The number of rotatable bonds is 1. The molecule has 0 heterocycles. The van der Waals surface area contributed by atoms with Crippen LogP contribution in [-0.2, 0) is 0 Å². The second-order valence-electron chi connectivity index (χ2n) is 4.33. The topological polar surface area (TPSA) is 29.1 Å². The lowest BCUT2D eigenvalue weighted by atomic mass is 10.1. The number of nitrogens with one attached hydrogen (secondary N) is 1. The Labute approximate surface area is 97.0 Å². The number of carbonyl (C=O) groups excluding carboxylic acids is 1. The summed E-state index contributed by atoms with van der Waals surface area (Å²) in [6.07, 6.45) is 0. The van der Waals surface area contributed by atoms with Gasteiger partial charge in [-0.3, -0.25) is 4.79 Å². The van der Waals surface area contributed by atoms with Crippen molar-refractivity contribution in [1.82, 2.24) is 5.32 Å². The lowest BCUT2D eigenvalue weighted by Gasteiger charge is -2.20. The molecule has 0 spiro atoms. The van der Waals surface area contributed by atoms with Crippen molar-refractivity contribution in [1.29, 1.82) is 0 Å². The summed E-state index contributed by atoms with van der Waals surface area (Å²) in [5, 5.41) is 2.70. The molecule has 4 heteroatoms. The zero-order chi connectivity index (χ0) is 11.6. The molecule has 0 aliphatic carbocycles. The molecular formula is C11H13BrFNO. The maximum absolute atomic E-state index is 13.4. The van der Waals surface area contributed by atoms with Crippen LogP contribution in [0, 0.1) is 5.82 Å². The minimum Gasteiger partial charge on any atom is -0.347 e. The van der Waals surface area contributed by atoms with Gasteiger partial charge in [0.1, 0.15) is 5.82 Å². The van der Waals surface area contributed by atoms with Gasteiger partial charge in [0.05, 0.1) is 5.56 Å². The van der Waals surface area contributed by atoms with Crippen molar-refractivity contribution < 1.29 is 9.18 Å². The summed E-state index contributed by atoms with van der Waals surface area (Å²) in [6, 6.07) is 4.37. The molecule has 0 aromatic heterocycles. The van der Waals surface area contributed by atoms with E-state index in [0.717, 1.165) is 0 Å². The predicted octanol–water partition coefficient (Wildman–Crippen LogP) is 3.12. The van der Waals surface area contributed by atoms with Crippen LogP contribution in [0.1, 0.15) is 31.1 Å². The van der Waals surface area contributed by atoms with Crippen molar-refractivity contribution in [2.45, 2.75) is 26.3 Å². The maximum Gasteiger partial charge on any atom is 0.254 e. The highest BCUT2D eigenvalue weighted by atomic mass is 79.9. The largest absolute Gasteiger partial charge is 0.347 e. The molecule has 82 valence electrons. The molecule has 15 heavy (non-hydrogen) atoms. The van der Waals surface area contributed by atoms with Gasteiger partial charge in [-0.1, -0.05) is 15.9 Å². The van der Waals surface area contributed by atoms with Crippen LogP contribution in [0.5, 0.6) is 0 Å². The van der Waals surface area contributed by atoms with Gasteiger partial charge < -0.3 is 5.32 Å². The summed E-state index contributed by atoms with van der Waals surface area (Å²) < 4.78 is 14.0. The van der Waals surface area contributed by atoms with Crippen LogP contribution in [0.4, 0.5) is 4.39 Å². The number of halogens is 2. The molecular weight excluding hydrogens is 261 g/mol. The molecule has 0 atom stereocenters. The normalized spacial score (nSPS) is 11.3. The first-order chi connectivity index (χ1) is 6.79. The van der Waals surface area contributed by atoms with Crippen molar-refractivity contribution in [3.63, 3.8) is 0 Å². The Morgan fingerprint density at radius 1 is 1.40 bits per heavy atom. The van der Waals surface area contributed by atoms with Crippen LogP contribution in [0.15, 0.2) is 22.7 Å². The van der Waals surface area contributed by atoms with Gasteiger partial charge in [-0.05, 0) is 39.0 Å². The predicted molar refractivity (Wildman–Crippen MR) is 61.3 cm³/mol. The smallest absolute Gasteiger partial charge is 0.254 e. The van der Waals surface area contributed by atoms with E-state index in [1.165, 1.54) is 12.1 Å². The Bertz CT molecular complexity index is 385. The number of carbonyl (C=O) groups is 1. The quantitative estimate of drug-likeness (QED) is 0.837. The van der Waals surface area contributed by atoms with Crippen molar-refractivity contribution in [3.8, 4) is 0 Å². The summed E-state index contributed by atoms with van der Waals surface area (Å²) >= 11 is 3.14. The molecule has 1 aromatic carbocycles. The van der Waals surface area contributed by atoms with E-state index in [0.29, 0.717) is 4.47 Å². The molecule has 1 rings (SSSR count). The number of benzene rings is 1. The summed E-state index contributed by atoms with van der Waals surface area (Å²) in [5.74, 6) is -0.918. The molecule has 0 radical (unpaired) electrons. The third kappa shape index (κ3) is 3.63. The first kappa shape index (κ1) is 12.2. The van der Waals surface area contributed by atoms with Crippen molar-refractivity contribution in [3.05, 3.63) is 34.1 Å². The standard InChI is InChI=1S/C11H13BrFNO/c1-11(2,3)14-10(15)8-5-4-7(12)6-9(8)13/h4-6H,1-3H3,(H,14,15). The molecule has 0 saturated heterocycles. The van der Waals surface area contributed by atoms with E-state index in [1.807, 2.05) is 20.8 Å². The Hall–Kier alpha value is -0.900. The zero-order valence-electron chi connectivity index (χ0n) is 8.90. The fourth-order valence-corrected chi connectivity index (χ4v) is 1.41. The van der Waals surface area contributed by atoms with Crippen molar-refractivity contribution >= 4 is 21.8 Å². The number of amides is 1. The van der Waals surface area contributed by atoms with E-state index in [1.54, 1.807) is 6.07 Å². The van der Waals surface area contributed by atoms with Gasteiger partial charge in [0.2, 0.25) is 0 Å². The van der Waals surface area contributed by atoms with E-state index in [-0.39, 0.29) is 11.1 Å². The van der Waals surface area contributed by atoms with Crippen LogP contribution in [0.2, 0.25) is 0 Å². The minimum absolute atomic E-state index is 0.0631. The van der Waals surface area contributed by atoms with E-state index in [9.17, 15) is 9.18 Å². The highest BCUT2D eigenvalue weighted by Gasteiger charge is 2.17. The summed E-state index contributed by atoms with van der Waals surface area (Å²) in [7, 11) is 0. The maximum atomic E-state index is 13.4. The van der Waals surface area contributed by atoms with Crippen LogP contribution >= 0.6 is 15.9 Å². The Morgan fingerprint density at radius 3 is 2.47 bits per heavy atom. The summed E-state index contributed by atoms with van der Waals surface area (Å²) in [5.41, 5.74) is -0.301. The van der Waals surface area contributed by atoms with Gasteiger partial charge in [-0.2, -0.15) is 0 Å². The lowest BCUT2D eigenvalue weighted by Crippen LogP contribution is -2.40. The SMILES string of the molecule is CC(C)(C)NC(=O)c1ccc(Br)cc1F. The Balaban J connectivity index is 2.92. The van der Waals surface area contributed by atoms with Gasteiger partial charge in [0.15, 0.2) is 0 Å². The number of hydrogen-bond donors (Lipinski definition) is 1. The molecule has 1 aromatic rings. The first-order valence-electron chi connectivity index (χ1n) is 4.57. The molecule has 1 amide bonds. The first-order valence-corrected chi connectivity index (χ1v) is 5.36. The van der Waals surface area contributed by atoms with Gasteiger partial charge in [-0.15, -0.1) is 0 Å². The van der Waals surface area contributed by atoms with Crippen LogP contribution in [-0.4, -0.2) is 11.4 Å². The van der Waals surface area contributed by atoms with Gasteiger partial charge >= 0.3 is 0 Å². The van der Waals surface area contributed by atoms with Crippen LogP contribution in [0.25, 0.3) is 0 Å². The Kier molecular flexibility index (Phi) is 3.50. The minimum atomic E-state index is -0.522. The average molecular weight is 274 g/mol. The molecule has 0 aliphatic rings. The highest BCUT2D eigenvalue weighted by molar-refractivity contribution is 9.10. The fourth-order valence-electron chi connectivity index (χ4n) is 1.08. The molecule has 0 fully saturated rings. The second-order valence-corrected chi connectivity index (χ2v) is 5.24. The Morgan fingerprint density at radius 2 is 2.00 bits per heavy atom. The summed E-state index contributed by atoms with van der Waals surface area (Å²) in [6.45, 7) is 5.55. The molecule has 1 N–H and O–H groups in total. The summed E-state index contributed by atoms with van der Waals surface area (Å²) in [4.78, 5) is 11.6. The van der Waals surface area contributed by atoms with E-state index in [4.69, 9.17) is 0 Å². The van der Waals surface area contributed by atoms with Crippen molar-refractivity contribution in [2.75, 3.05) is 0 Å².